The van der Waals surface area contributed by atoms with Gasteiger partial charge in [-0.25, -0.2) is 4.79 Å². The molecule has 1 heterocycles. The maximum Gasteiger partial charge on any atom is 0.336 e. The molecule has 1 aliphatic rings. The molecule has 138 valence electrons. The minimum atomic E-state index is -2.74. The molecule has 8 nitrogen and oxygen atoms in total. The third-order valence-corrected chi connectivity index (χ3v) is 3.90. The first-order valence-corrected chi connectivity index (χ1v) is 7.89. The molecule has 1 fully saturated rings. The van der Waals surface area contributed by atoms with E-state index < -0.39 is 36.4 Å². The Morgan fingerprint density at radius 3 is 1.84 bits per heavy atom. The van der Waals surface area contributed by atoms with Crippen LogP contribution in [0.15, 0.2) is 30.3 Å². The Hall–Kier alpha value is -2.45. The molecule has 1 aliphatic heterocycles. The molecule has 8 heteroatoms. The molecule has 0 bridgehead atoms. The van der Waals surface area contributed by atoms with Crippen molar-refractivity contribution in [2.24, 2.45) is 0 Å². The van der Waals surface area contributed by atoms with Gasteiger partial charge in [-0.05, 0) is 37.4 Å². The Kier molecular flexibility index (Phi) is 8.03. The average Bonchev–Trinajstić information content (AvgIpc) is 2.55. The van der Waals surface area contributed by atoms with Gasteiger partial charge >= 0.3 is 17.9 Å². The van der Waals surface area contributed by atoms with Gasteiger partial charge < -0.3 is 25.7 Å². The van der Waals surface area contributed by atoms with Gasteiger partial charge in [0.1, 0.15) is 0 Å². The van der Waals surface area contributed by atoms with Crippen molar-refractivity contribution in [1.82, 2.24) is 5.32 Å². The number of benzene rings is 1. The third-order valence-electron chi connectivity index (χ3n) is 3.90. The summed E-state index contributed by atoms with van der Waals surface area (Å²) in [7, 11) is 0. The fourth-order valence-corrected chi connectivity index (χ4v) is 2.59. The first kappa shape index (κ1) is 20.6. The Morgan fingerprint density at radius 2 is 1.44 bits per heavy atom. The van der Waals surface area contributed by atoms with Crippen LogP contribution in [0, 0.1) is 0 Å². The molecule has 5 N–H and O–H groups in total. The third kappa shape index (κ3) is 7.32. The number of aliphatic hydroxyl groups is 1. The summed E-state index contributed by atoms with van der Waals surface area (Å²) >= 11 is 0. The lowest BCUT2D eigenvalue weighted by molar-refractivity contribution is -0.170. The van der Waals surface area contributed by atoms with Gasteiger partial charge in [-0.2, -0.15) is 0 Å². The molecular formula is C17H23NO7. The van der Waals surface area contributed by atoms with E-state index >= 15 is 0 Å². The predicted molar refractivity (Wildman–Crippen MR) is 88.4 cm³/mol. The number of hydrogen-bond donors (Lipinski definition) is 5. The predicted octanol–water partition coefficient (Wildman–Crippen LogP) is 0.905. The van der Waals surface area contributed by atoms with Gasteiger partial charge in [0.25, 0.3) is 0 Å². The molecule has 1 aromatic rings. The van der Waals surface area contributed by atoms with E-state index in [0.29, 0.717) is 0 Å². The van der Waals surface area contributed by atoms with Crippen molar-refractivity contribution < 1.29 is 34.8 Å². The van der Waals surface area contributed by atoms with Gasteiger partial charge in [0.05, 0.1) is 12.8 Å². The van der Waals surface area contributed by atoms with Crippen LogP contribution in [0.5, 0.6) is 0 Å². The Labute approximate surface area is 145 Å². The van der Waals surface area contributed by atoms with Crippen LogP contribution in [0.2, 0.25) is 0 Å². The molecule has 0 radical (unpaired) electrons. The van der Waals surface area contributed by atoms with E-state index in [0.717, 1.165) is 5.92 Å². The minimum absolute atomic E-state index is 0.799. The van der Waals surface area contributed by atoms with E-state index in [1.54, 1.807) is 0 Å². The Morgan fingerprint density at radius 1 is 0.960 bits per heavy atom. The molecular weight excluding hydrogens is 330 g/mol. The van der Waals surface area contributed by atoms with Crippen molar-refractivity contribution in [3.63, 3.8) is 0 Å². The SMILES string of the molecule is O=C(O)CC(O)(CC(=O)O)C(=O)O.c1ccc(C2CCNCC2)cc1. The second-order valence-electron chi connectivity index (χ2n) is 5.91. The zero-order valence-electron chi connectivity index (χ0n) is 13.7. The monoisotopic (exact) mass is 353 g/mol. The number of hydrogen-bond acceptors (Lipinski definition) is 5. The summed E-state index contributed by atoms with van der Waals surface area (Å²) in [6.07, 6.45) is 0.303. The zero-order valence-corrected chi connectivity index (χ0v) is 13.7. The zero-order chi connectivity index (χ0) is 18.9. The topological polar surface area (TPSA) is 144 Å². The quantitative estimate of drug-likeness (QED) is 0.507. The summed E-state index contributed by atoms with van der Waals surface area (Å²) < 4.78 is 0. The smallest absolute Gasteiger partial charge is 0.336 e. The van der Waals surface area contributed by atoms with Gasteiger partial charge in [0.15, 0.2) is 5.60 Å². The lowest BCUT2D eigenvalue weighted by Gasteiger charge is -2.22. The molecule has 25 heavy (non-hydrogen) atoms. The van der Waals surface area contributed by atoms with Crippen LogP contribution >= 0.6 is 0 Å². The minimum Gasteiger partial charge on any atom is -0.481 e. The van der Waals surface area contributed by atoms with Gasteiger partial charge in [-0.1, -0.05) is 30.3 Å². The molecule has 0 unspecified atom stereocenters. The number of carboxylic acid groups (broad SMARTS) is 3. The highest BCUT2D eigenvalue weighted by Crippen LogP contribution is 2.24. The van der Waals surface area contributed by atoms with Crippen LogP contribution in [-0.2, 0) is 14.4 Å². The largest absolute Gasteiger partial charge is 0.481 e. The summed E-state index contributed by atoms with van der Waals surface area (Å²) in [4.78, 5) is 30.5. The first-order chi connectivity index (χ1) is 11.7. The maximum absolute atomic E-state index is 10.3. The maximum atomic E-state index is 10.3. The van der Waals surface area contributed by atoms with Crippen LogP contribution in [0.4, 0.5) is 0 Å². The van der Waals surface area contributed by atoms with Crippen LogP contribution in [-0.4, -0.2) is 57.0 Å². The van der Waals surface area contributed by atoms with Crippen molar-refractivity contribution in [1.29, 1.82) is 0 Å². The van der Waals surface area contributed by atoms with Crippen LogP contribution in [0.1, 0.15) is 37.2 Å². The van der Waals surface area contributed by atoms with Crippen LogP contribution in [0.25, 0.3) is 0 Å². The summed E-state index contributed by atoms with van der Waals surface area (Å²) in [5, 5.41) is 37.2. The molecule has 1 aromatic carbocycles. The number of piperidine rings is 1. The van der Waals surface area contributed by atoms with Crippen LogP contribution in [0.3, 0.4) is 0 Å². The van der Waals surface area contributed by atoms with E-state index in [-0.39, 0.29) is 0 Å². The summed E-state index contributed by atoms with van der Waals surface area (Å²) in [6.45, 7) is 2.36. The summed E-state index contributed by atoms with van der Waals surface area (Å²) in [6, 6.07) is 10.9. The van der Waals surface area contributed by atoms with E-state index in [2.05, 4.69) is 35.6 Å². The van der Waals surface area contributed by atoms with Crippen LogP contribution < -0.4 is 5.32 Å². The second kappa shape index (κ2) is 9.75. The number of carboxylic acids is 3. The van der Waals surface area contributed by atoms with Crippen molar-refractivity contribution in [3.05, 3.63) is 35.9 Å². The Bertz CT molecular complexity index is 566. The molecule has 0 saturated carbocycles. The Balaban J connectivity index is 0.000000250. The van der Waals surface area contributed by atoms with E-state index in [1.165, 1.54) is 31.5 Å². The fraction of sp³-hybridized carbons (Fsp3) is 0.471. The number of nitrogens with one attached hydrogen (secondary N) is 1. The average molecular weight is 353 g/mol. The summed E-state index contributed by atoms with van der Waals surface area (Å²) in [5.41, 5.74) is -1.23. The van der Waals surface area contributed by atoms with Gasteiger partial charge in [-0.15, -0.1) is 0 Å². The molecule has 0 aliphatic carbocycles. The van der Waals surface area contributed by atoms with Crippen molar-refractivity contribution in [2.75, 3.05) is 13.1 Å². The normalized spacial score (nSPS) is 14.9. The highest BCUT2D eigenvalue weighted by Gasteiger charge is 2.40. The van der Waals surface area contributed by atoms with E-state index in [1.807, 2.05) is 0 Å². The number of rotatable bonds is 6. The van der Waals surface area contributed by atoms with Crippen molar-refractivity contribution in [3.8, 4) is 0 Å². The van der Waals surface area contributed by atoms with E-state index in [4.69, 9.17) is 20.4 Å². The van der Waals surface area contributed by atoms with E-state index in [9.17, 15) is 14.4 Å². The summed E-state index contributed by atoms with van der Waals surface area (Å²) in [5.74, 6) is -4.22. The molecule has 1 saturated heterocycles. The molecule has 2 rings (SSSR count). The number of carbonyl (C=O) groups is 3. The lowest BCUT2D eigenvalue weighted by Crippen LogP contribution is -2.42. The lowest BCUT2D eigenvalue weighted by atomic mass is 9.90. The van der Waals surface area contributed by atoms with Gasteiger partial charge in [-0.3, -0.25) is 9.59 Å². The molecule has 0 spiro atoms. The molecule has 0 atom stereocenters. The second-order valence-corrected chi connectivity index (χ2v) is 5.91. The van der Waals surface area contributed by atoms with Gasteiger partial charge in [0, 0.05) is 0 Å². The van der Waals surface area contributed by atoms with Crippen molar-refractivity contribution in [2.45, 2.75) is 37.2 Å². The molecule has 0 amide bonds. The highest BCUT2D eigenvalue weighted by molar-refractivity contribution is 5.88. The first-order valence-electron chi connectivity index (χ1n) is 7.89. The highest BCUT2D eigenvalue weighted by atomic mass is 16.4. The molecule has 0 aromatic heterocycles. The van der Waals surface area contributed by atoms with Crippen molar-refractivity contribution >= 4 is 17.9 Å². The number of aliphatic carboxylic acids is 3. The van der Waals surface area contributed by atoms with Gasteiger partial charge in [0.2, 0.25) is 0 Å². The standard InChI is InChI=1S/C11H15N.C6H8O7/c1-2-4-10(5-3-1)11-6-8-12-9-7-11;7-3(8)1-6(13,5(11)12)2-4(9)10/h1-5,11-12H,6-9H2;13H,1-2H2,(H,7,8)(H,9,10)(H,11,12). The fourth-order valence-electron chi connectivity index (χ4n) is 2.59.